The monoisotopic (exact) mass is 154 g/mol. The molecule has 0 aromatic rings. The summed E-state index contributed by atoms with van der Waals surface area (Å²) in [5.74, 6) is 0.912. The van der Waals surface area contributed by atoms with E-state index in [0.29, 0.717) is 12.1 Å². The minimum absolute atomic E-state index is 0.474. The Morgan fingerprint density at radius 1 is 1.45 bits per heavy atom. The van der Waals surface area contributed by atoms with Crippen molar-refractivity contribution >= 4 is 0 Å². The molecule has 11 heavy (non-hydrogen) atoms. The third kappa shape index (κ3) is 1.18. The minimum Gasteiger partial charge on any atom is -0.326 e. The van der Waals surface area contributed by atoms with Crippen molar-refractivity contribution in [3.63, 3.8) is 0 Å². The van der Waals surface area contributed by atoms with Gasteiger partial charge in [-0.15, -0.1) is 0 Å². The van der Waals surface area contributed by atoms with Gasteiger partial charge < -0.3 is 5.73 Å². The fourth-order valence-corrected chi connectivity index (χ4v) is 2.73. The lowest BCUT2D eigenvalue weighted by Crippen LogP contribution is -2.58. The van der Waals surface area contributed by atoms with Crippen LogP contribution in [-0.2, 0) is 0 Å². The quantitative estimate of drug-likeness (QED) is 0.606. The molecule has 0 unspecified atom stereocenters. The van der Waals surface area contributed by atoms with Crippen molar-refractivity contribution in [3.05, 3.63) is 0 Å². The van der Waals surface area contributed by atoms with Gasteiger partial charge in [0.05, 0.1) is 0 Å². The first-order chi connectivity index (χ1) is 5.31. The Morgan fingerprint density at radius 3 is 2.73 bits per heavy atom. The number of fused-ring (bicyclic) bond motifs is 3. The van der Waals surface area contributed by atoms with Gasteiger partial charge in [-0.05, 0) is 31.7 Å². The Morgan fingerprint density at radius 2 is 2.27 bits per heavy atom. The molecule has 0 spiro atoms. The van der Waals surface area contributed by atoms with Crippen molar-refractivity contribution in [2.45, 2.75) is 38.3 Å². The van der Waals surface area contributed by atoms with E-state index in [9.17, 15) is 0 Å². The highest BCUT2D eigenvalue weighted by Gasteiger charge is 2.37. The number of hydrogen-bond acceptors (Lipinski definition) is 2. The van der Waals surface area contributed by atoms with Crippen molar-refractivity contribution in [1.82, 2.24) is 4.90 Å². The van der Waals surface area contributed by atoms with Gasteiger partial charge in [-0.1, -0.05) is 6.92 Å². The lowest BCUT2D eigenvalue weighted by atomic mass is 9.77. The molecule has 0 radical (unpaired) electrons. The molecular weight excluding hydrogens is 136 g/mol. The number of hydrogen-bond donors (Lipinski definition) is 1. The minimum atomic E-state index is 0.474. The van der Waals surface area contributed by atoms with Crippen LogP contribution in [0.2, 0.25) is 0 Å². The van der Waals surface area contributed by atoms with Crippen LogP contribution in [0.3, 0.4) is 0 Å². The lowest BCUT2D eigenvalue weighted by molar-refractivity contribution is 0.0368. The smallest absolute Gasteiger partial charge is 0.0247 e. The average Bonchev–Trinajstić information content (AvgIpc) is 2.04. The molecule has 2 nitrogen and oxygen atoms in total. The Balaban J connectivity index is 2.07. The molecule has 3 atom stereocenters. The molecule has 2 heteroatoms. The summed E-state index contributed by atoms with van der Waals surface area (Å²) < 4.78 is 0. The maximum atomic E-state index is 6.04. The molecule has 0 amide bonds. The van der Waals surface area contributed by atoms with Crippen molar-refractivity contribution in [2.75, 3.05) is 13.1 Å². The molecule has 3 aliphatic rings. The molecule has 2 aliphatic heterocycles. The third-order valence-corrected chi connectivity index (χ3v) is 3.34. The van der Waals surface area contributed by atoms with Crippen LogP contribution < -0.4 is 5.73 Å². The van der Waals surface area contributed by atoms with Gasteiger partial charge in [-0.3, -0.25) is 4.90 Å². The molecule has 3 fully saturated rings. The predicted molar refractivity (Wildman–Crippen MR) is 46.4 cm³/mol. The summed E-state index contributed by atoms with van der Waals surface area (Å²) in [4.78, 5) is 2.56. The van der Waals surface area contributed by atoms with Crippen LogP contribution in [0, 0.1) is 5.92 Å². The maximum absolute atomic E-state index is 6.04. The van der Waals surface area contributed by atoms with Gasteiger partial charge in [0, 0.05) is 18.6 Å². The molecule has 0 aromatic carbocycles. The maximum Gasteiger partial charge on any atom is 0.0247 e. The summed E-state index contributed by atoms with van der Waals surface area (Å²) in [7, 11) is 0. The number of rotatable bonds is 1. The SMILES string of the molecule is CCN1C[C@@H]2CC[C@H]1[C@H](N)C2. The molecule has 1 saturated carbocycles. The van der Waals surface area contributed by atoms with Crippen LogP contribution in [0.15, 0.2) is 0 Å². The van der Waals surface area contributed by atoms with Crippen LogP contribution in [-0.4, -0.2) is 30.1 Å². The highest BCUT2D eigenvalue weighted by Crippen LogP contribution is 2.33. The number of nitrogens with zero attached hydrogens (tertiary/aromatic N) is 1. The molecule has 1 aliphatic carbocycles. The topological polar surface area (TPSA) is 29.3 Å². The summed E-state index contributed by atoms with van der Waals surface area (Å²) in [6, 6.07) is 1.19. The molecule has 2 saturated heterocycles. The van der Waals surface area contributed by atoms with E-state index >= 15 is 0 Å². The van der Waals surface area contributed by atoms with Crippen molar-refractivity contribution in [1.29, 1.82) is 0 Å². The molecule has 64 valence electrons. The van der Waals surface area contributed by atoms with E-state index in [4.69, 9.17) is 5.73 Å². The van der Waals surface area contributed by atoms with E-state index in [2.05, 4.69) is 11.8 Å². The summed E-state index contributed by atoms with van der Waals surface area (Å²) >= 11 is 0. The van der Waals surface area contributed by atoms with Crippen LogP contribution in [0.1, 0.15) is 26.2 Å². The zero-order valence-electron chi connectivity index (χ0n) is 7.29. The van der Waals surface area contributed by atoms with E-state index in [-0.39, 0.29) is 0 Å². The van der Waals surface area contributed by atoms with Crippen molar-refractivity contribution < 1.29 is 0 Å². The average molecular weight is 154 g/mol. The standard InChI is InChI=1S/C9H18N2/c1-2-11-6-7-3-4-9(11)8(10)5-7/h7-9H,2-6,10H2,1H3/t7-,8-,9+/m1/s1. The second-order valence-electron chi connectivity index (χ2n) is 4.00. The van der Waals surface area contributed by atoms with E-state index < -0.39 is 0 Å². The van der Waals surface area contributed by atoms with Gasteiger partial charge in [-0.2, -0.15) is 0 Å². The zero-order valence-corrected chi connectivity index (χ0v) is 7.29. The number of nitrogens with two attached hydrogens (primary N) is 1. The lowest BCUT2D eigenvalue weighted by Gasteiger charge is -2.48. The number of piperidine rings is 2. The molecule has 0 aromatic heterocycles. The van der Waals surface area contributed by atoms with Gasteiger partial charge in [0.1, 0.15) is 0 Å². The predicted octanol–water partition coefficient (Wildman–Crippen LogP) is 0.818. The molecule has 2 N–H and O–H groups in total. The zero-order chi connectivity index (χ0) is 7.84. The fraction of sp³-hybridized carbons (Fsp3) is 1.00. The van der Waals surface area contributed by atoms with Crippen LogP contribution in [0.25, 0.3) is 0 Å². The van der Waals surface area contributed by atoms with E-state index in [1.165, 1.54) is 32.4 Å². The van der Waals surface area contributed by atoms with E-state index in [1.54, 1.807) is 0 Å². The molecule has 2 bridgehead atoms. The summed E-state index contributed by atoms with van der Waals surface area (Å²) in [6.45, 7) is 4.75. The Hall–Kier alpha value is -0.0800. The second kappa shape index (κ2) is 2.76. The Bertz CT molecular complexity index is 146. The number of likely N-dealkylation sites (N-methyl/N-ethyl adjacent to an activating group) is 1. The van der Waals surface area contributed by atoms with E-state index in [0.717, 1.165) is 5.92 Å². The Kier molecular flexibility index (Phi) is 1.90. The van der Waals surface area contributed by atoms with Crippen molar-refractivity contribution in [3.8, 4) is 0 Å². The molecule has 3 rings (SSSR count). The van der Waals surface area contributed by atoms with Crippen molar-refractivity contribution in [2.24, 2.45) is 11.7 Å². The second-order valence-corrected chi connectivity index (χ2v) is 4.00. The Labute approximate surface area is 68.7 Å². The van der Waals surface area contributed by atoms with Gasteiger partial charge in [0.2, 0.25) is 0 Å². The third-order valence-electron chi connectivity index (χ3n) is 3.34. The molecule has 2 heterocycles. The van der Waals surface area contributed by atoms with Crippen LogP contribution >= 0.6 is 0 Å². The summed E-state index contributed by atoms with van der Waals surface area (Å²) in [5.41, 5.74) is 6.04. The van der Waals surface area contributed by atoms with Crippen LogP contribution in [0.5, 0.6) is 0 Å². The highest BCUT2D eigenvalue weighted by atomic mass is 15.2. The summed E-state index contributed by atoms with van der Waals surface area (Å²) in [6.07, 6.45) is 4.05. The largest absolute Gasteiger partial charge is 0.326 e. The fourth-order valence-electron chi connectivity index (χ4n) is 2.73. The first-order valence-electron chi connectivity index (χ1n) is 4.81. The van der Waals surface area contributed by atoms with E-state index in [1.807, 2.05) is 0 Å². The normalized spacial score (nSPS) is 44.7. The van der Waals surface area contributed by atoms with Gasteiger partial charge in [0.25, 0.3) is 0 Å². The first-order valence-corrected chi connectivity index (χ1v) is 4.81. The summed E-state index contributed by atoms with van der Waals surface area (Å²) in [5, 5.41) is 0. The van der Waals surface area contributed by atoms with Gasteiger partial charge >= 0.3 is 0 Å². The highest BCUT2D eigenvalue weighted by molar-refractivity contribution is 4.95. The van der Waals surface area contributed by atoms with Gasteiger partial charge in [0.15, 0.2) is 0 Å². The van der Waals surface area contributed by atoms with Gasteiger partial charge in [-0.25, -0.2) is 0 Å². The first kappa shape index (κ1) is 7.56. The van der Waals surface area contributed by atoms with Crippen LogP contribution in [0.4, 0.5) is 0 Å². The molecular formula is C9H18N2.